The Morgan fingerprint density at radius 2 is 1.79 bits per heavy atom. The third-order valence-corrected chi connectivity index (χ3v) is 13.9. The lowest BCUT2D eigenvalue weighted by Gasteiger charge is -2.65. The highest BCUT2D eigenvalue weighted by atomic mass is 16.5. The average Bonchev–Trinajstić information content (AvgIpc) is 3.47. The molecule has 6 heteroatoms. The van der Waals surface area contributed by atoms with Crippen LogP contribution in [-0.4, -0.2) is 90.7 Å². The van der Waals surface area contributed by atoms with Crippen molar-refractivity contribution in [2.24, 2.45) is 34.0 Å². The van der Waals surface area contributed by atoms with Gasteiger partial charge in [0.2, 0.25) is 0 Å². The van der Waals surface area contributed by atoms with Gasteiger partial charge < -0.3 is 19.1 Å². The number of rotatable bonds is 5. The van der Waals surface area contributed by atoms with Gasteiger partial charge in [0, 0.05) is 50.7 Å². The number of fused-ring (bicyclic) bond motifs is 5. The van der Waals surface area contributed by atoms with Gasteiger partial charge in [-0.1, -0.05) is 27.4 Å². The topological polar surface area (TPSA) is 59.0 Å². The van der Waals surface area contributed by atoms with Crippen molar-refractivity contribution in [1.82, 2.24) is 4.90 Å². The molecule has 6 rings (SSSR count). The number of esters is 1. The van der Waals surface area contributed by atoms with Gasteiger partial charge in [-0.15, -0.1) is 0 Å². The molecule has 0 bridgehead atoms. The molecule has 6 nitrogen and oxygen atoms in total. The van der Waals surface area contributed by atoms with Crippen LogP contribution in [0.4, 0.5) is 0 Å². The number of hydrogen-bond donors (Lipinski definition) is 1. The molecule has 10 atom stereocenters. The van der Waals surface area contributed by atoms with Gasteiger partial charge in [0.05, 0.1) is 39.0 Å². The van der Waals surface area contributed by atoms with Gasteiger partial charge in [0.15, 0.2) is 6.10 Å². The highest BCUT2D eigenvalue weighted by molar-refractivity contribution is 5.66. The van der Waals surface area contributed by atoms with E-state index in [2.05, 4.69) is 38.3 Å². The van der Waals surface area contributed by atoms with Crippen molar-refractivity contribution in [3.8, 4) is 0 Å². The molecule has 0 aromatic carbocycles. The summed E-state index contributed by atoms with van der Waals surface area (Å²) < 4.78 is 13.2. The van der Waals surface area contributed by atoms with Crippen LogP contribution in [0.2, 0.25) is 0 Å². The molecule has 0 aromatic heterocycles. The van der Waals surface area contributed by atoms with Crippen LogP contribution in [0, 0.1) is 34.0 Å². The first-order chi connectivity index (χ1) is 18.6. The lowest BCUT2D eigenvalue weighted by atomic mass is 9.41. The van der Waals surface area contributed by atoms with E-state index in [9.17, 15) is 9.90 Å². The van der Waals surface area contributed by atoms with Crippen LogP contribution in [0.25, 0.3) is 0 Å². The number of nitrogens with zero attached hydrogens (tertiary/aromatic N) is 2. The van der Waals surface area contributed by atoms with Crippen molar-refractivity contribution < 1.29 is 23.9 Å². The van der Waals surface area contributed by atoms with Gasteiger partial charge in [-0.25, -0.2) is 0 Å². The summed E-state index contributed by atoms with van der Waals surface area (Å²) in [5, 5.41) is 11.3. The molecule has 0 amide bonds. The lowest BCUT2D eigenvalue weighted by Crippen LogP contribution is -2.63. The quantitative estimate of drug-likeness (QED) is 0.307. The number of aliphatic hydroxyl groups excluding tert-OH is 1. The molecular formula is C33H55N2O4+. The van der Waals surface area contributed by atoms with E-state index in [1.54, 1.807) is 6.92 Å². The Kier molecular flexibility index (Phi) is 7.30. The van der Waals surface area contributed by atoms with Gasteiger partial charge in [-0.05, 0) is 73.2 Å². The average molecular weight is 544 g/mol. The van der Waals surface area contributed by atoms with E-state index < -0.39 is 0 Å². The molecule has 0 spiro atoms. The zero-order valence-electron chi connectivity index (χ0n) is 25.2. The first kappa shape index (κ1) is 28.2. The molecule has 4 aliphatic carbocycles. The van der Waals surface area contributed by atoms with Crippen LogP contribution in [-0.2, 0) is 14.3 Å². The Morgan fingerprint density at radius 3 is 2.46 bits per heavy atom. The number of carbonyl (C=O) groups excluding carboxylic acids is 1. The Balaban J connectivity index is 1.34. The van der Waals surface area contributed by atoms with Gasteiger partial charge >= 0.3 is 5.97 Å². The minimum Gasteiger partial charge on any atom is -0.456 e. The molecule has 220 valence electrons. The van der Waals surface area contributed by atoms with Crippen molar-refractivity contribution in [2.75, 3.05) is 45.9 Å². The second-order valence-corrected chi connectivity index (χ2v) is 15.2. The van der Waals surface area contributed by atoms with Crippen molar-refractivity contribution in [3.63, 3.8) is 0 Å². The fourth-order valence-corrected chi connectivity index (χ4v) is 11.7. The fraction of sp³-hybridized carbons (Fsp3) is 0.909. The van der Waals surface area contributed by atoms with E-state index in [1.165, 1.54) is 45.2 Å². The molecule has 2 saturated heterocycles. The highest BCUT2D eigenvalue weighted by Gasteiger charge is 2.72. The van der Waals surface area contributed by atoms with E-state index in [0.717, 1.165) is 63.0 Å². The molecule has 4 saturated carbocycles. The maximum atomic E-state index is 12.6. The van der Waals surface area contributed by atoms with E-state index in [-0.39, 0.29) is 40.5 Å². The zero-order valence-corrected chi connectivity index (χ0v) is 25.2. The number of carbonyl (C=O) groups is 1. The fourth-order valence-electron chi connectivity index (χ4n) is 11.7. The predicted molar refractivity (Wildman–Crippen MR) is 153 cm³/mol. The van der Waals surface area contributed by atoms with Crippen molar-refractivity contribution >= 4 is 5.97 Å². The van der Waals surface area contributed by atoms with E-state index >= 15 is 0 Å². The summed E-state index contributed by atoms with van der Waals surface area (Å²) in [4.78, 5) is 15.1. The second kappa shape index (κ2) is 10.1. The number of hydrogen-bond acceptors (Lipinski definition) is 5. The molecule has 0 aromatic rings. The van der Waals surface area contributed by atoms with E-state index in [4.69, 9.17) is 9.47 Å². The number of quaternary nitrogens is 1. The minimum atomic E-state index is -0.218. The summed E-state index contributed by atoms with van der Waals surface area (Å²) in [5.74, 6) is 1.82. The lowest BCUT2D eigenvalue weighted by molar-refractivity contribution is -0.937. The first-order valence-electron chi connectivity index (χ1n) is 16.2. The van der Waals surface area contributed by atoms with E-state index in [0.29, 0.717) is 23.8 Å². The Morgan fingerprint density at radius 1 is 1.08 bits per heavy atom. The molecule has 39 heavy (non-hydrogen) atoms. The summed E-state index contributed by atoms with van der Waals surface area (Å²) in [6.07, 6.45) is 12.5. The molecule has 2 heterocycles. The third kappa shape index (κ3) is 4.20. The summed E-state index contributed by atoms with van der Waals surface area (Å²) in [6.45, 7) is 20.3. The number of aliphatic hydroxyl groups is 1. The molecule has 6 fully saturated rings. The molecule has 2 aliphatic heterocycles. The zero-order chi connectivity index (χ0) is 27.6. The summed E-state index contributed by atoms with van der Waals surface area (Å²) in [6, 6.07) is 0.620. The monoisotopic (exact) mass is 543 g/mol. The van der Waals surface area contributed by atoms with Crippen molar-refractivity contribution in [1.29, 1.82) is 0 Å². The largest absolute Gasteiger partial charge is 0.456 e. The van der Waals surface area contributed by atoms with Crippen LogP contribution >= 0.6 is 0 Å². The molecule has 6 aliphatic rings. The molecule has 1 N–H and O–H groups in total. The molecule has 0 unspecified atom stereocenters. The summed E-state index contributed by atoms with van der Waals surface area (Å²) in [5.41, 5.74) is 0.403. The first-order valence-corrected chi connectivity index (χ1v) is 16.2. The summed E-state index contributed by atoms with van der Waals surface area (Å²) >= 11 is 0. The normalized spacial score (nSPS) is 49.5. The number of ether oxygens (including phenoxy) is 2. The van der Waals surface area contributed by atoms with Crippen LogP contribution in [0.1, 0.15) is 85.5 Å². The number of likely N-dealkylation sites (tertiary alicyclic amines) is 1. The maximum Gasteiger partial charge on any atom is 0.303 e. The molecular weight excluding hydrogens is 488 g/mol. The molecule has 0 radical (unpaired) electrons. The van der Waals surface area contributed by atoms with E-state index in [1.807, 2.05) is 0 Å². The van der Waals surface area contributed by atoms with Crippen molar-refractivity contribution in [2.45, 2.75) is 110 Å². The predicted octanol–water partition coefficient (Wildman–Crippen LogP) is 4.80. The van der Waals surface area contributed by atoms with Crippen molar-refractivity contribution in [3.05, 3.63) is 12.7 Å². The van der Waals surface area contributed by atoms with Gasteiger partial charge in [-0.2, -0.15) is 0 Å². The Labute approximate surface area is 237 Å². The highest BCUT2D eigenvalue weighted by Crippen LogP contribution is 2.72. The summed E-state index contributed by atoms with van der Waals surface area (Å²) in [7, 11) is 0. The van der Waals surface area contributed by atoms with Crippen LogP contribution in [0.3, 0.4) is 0 Å². The van der Waals surface area contributed by atoms with Gasteiger partial charge in [-0.3, -0.25) is 9.69 Å². The van der Waals surface area contributed by atoms with Crippen LogP contribution in [0.5, 0.6) is 0 Å². The minimum absolute atomic E-state index is 0.000497. The standard InChI is InChI=1S/C33H55N2O4/c1-6-15-35(16-7-8-17-35)28-22-33(5)26-10-9-24-20-29(37)27(34-13-18-38-19-14-34)21-31(24,3)25(26)11-12-32(33,4)30(28)39-23(2)36/h6,24-30,37H,1,7-22H2,2-5H3/q+1/t24-,25-,26+,27-,28-,29-,30-,31-,32+,33-/m0/s1. The third-order valence-electron chi connectivity index (χ3n) is 13.9. The van der Waals surface area contributed by atoms with Gasteiger partial charge in [0.1, 0.15) is 6.04 Å². The van der Waals surface area contributed by atoms with Crippen LogP contribution in [0.15, 0.2) is 12.7 Å². The number of morpholine rings is 1. The SMILES string of the molecule is C=CC[N+]1([C@H]2C[C@@]3(C)[C@@H]4CC[C@H]5C[C@H](O)[C@@H](N6CCOCC6)C[C@]5(C)[C@H]4CC[C@]3(C)[C@H]2OC(C)=O)CCCC1. The maximum absolute atomic E-state index is 12.6. The van der Waals surface area contributed by atoms with Crippen LogP contribution < -0.4 is 0 Å². The Bertz CT molecular complexity index is 944. The Hall–Kier alpha value is -0.950. The smallest absolute Gasteiger partial charge is 0.303 e. The van der Waals surface area contributed by atoms with Gasteiger partial charge in [0.25, 0.3) is 0 Å². The second-order valence-electron chi connectivity index (χ2n) is 15.2.